The number of nitrogens with zero attached hydrogens (tertiary/aromatic N) is 3. The Hall–Kier alpha value is -3.68. The fourth-order valence-corrected chi connectivity index (χ4v) is 4.47. The third-order valence-electron chi connectivity index (χ3n) is 5.95. The molecule has 5 rings (SSSR count). The molecule has 0 aliphatic heterocycles. The molecule has 0 saturated carbocycles. The molecule has 1 atom stereocenters. The van der Waals surface area contributed by atoms with E-state index in [0.717, 1.165) is 33.9 Å². The molecule has 0 bridgehead atoms. The van der Waals surface area contributed by atoms with E-state index in [1.165, 1.54) is 12.1 Å². The van der Waals surface area contributed by atoms with Crippen molar-refractivity contribution in [3.63, 3.8) is 0 Å². The second-order valence-electron chi connectivity index (χ2n) is 7.88. The average Bonchev–Trinajstić information content (AvgIpc) is 3.33. The lowest BCUT2D eigenvalue weighted by atomic mass is 10.1. The first-order valence-corrected chi connectivity index (χ1v) is 10.6. The normalized spacial score (nSPS) is 12.7. The lowest BCUT2D eigenvalue weighted by Gasteiger charge is -2.13. The predicted octanol–water partition coefficient (Wildman–Crippen LogP) is 3.88. The van der Waals surface area contributed by atoms with Crippen LogP contribution >= 0.6 is 0 Å². The standard InChI is InChI=1S/C25H23N3O4/c1-2-27-21-6-4-3-5-18(21)19-11-15(7-9-22(19)27)24-26-20-12-16(25(31)32)8-10-23(20)28(24)13-17(30)14-29/h3-12,17,29-30H,2,13-14H2,1H3,(H,31,32)/t17-/m0/s1. The van der Waals surface area contributed by atoms with Crippen LogP contribution < -0.4 is 0 Å². The summed E-state index contributed by atoms with van der Waals surface area (Å²) in [7, 11) is 0. The van der Waals surface area contributed by atoms with Crippen LogP contribution in [0.15, 0.2) is 60.7 Å². The van der Waals surface area contributed by atoms with E-state index in [0.29, 0.717) is 16.9 Å². The van der Waals surface area contributed by atoms with Crippen LogP contribution in [0.4, 0.5) is 0 Å². The first kappa shape index (κ1) is 20.2. The Morgan fingerprint density at radius 2 is 1.72 bits per heavy atom. The fraction of sp³-hybridized carbons (Fsp3) is 0.200. The maximum atomic E-state index is 11.4. The van der Waals surface area contributed by atoms with E-state index >= 15 is 0 Å². The number of para-hydroxylation sites is 1. The van der Waals surface area contributed by atoms with Gasteiger partial charge in [0.05, 0.1) is 35.9 Å². The van der Waals surface area contributed by atoms with Gasteiger partial charge in [0.25, 0.3) is 0 Å². The van der Waals surface area contributed by atoms with E-state index in [9.17, 15) is 20.1 Å². The van der Waals surface area contributed by atoms with Gasteiger partial charge in [-0.2, -0.15) is 0 Å². The number of imidazole rings is 1. The molecule has 2 aromatic heterocycles. The molecule has 0 fully saturated rings. The largest absolute Gasteiger partial charge is 0.478 e. The van der Waals surface area contributed by atoms with Gasteiger partial charge < -0.3 is 24.5 Å². The number of aromatic carboxylic acids is 1. The summed E-state index contributed by atoms with van der Waals surface area (Å²) < 4.78 is 4.11. The molecule has 0 radical (unpaired) electrons. The van der Waals surface area contributed by atoms with Crippen molar-refractivity contribution in [2.75, 3.05) is 6.61 Å². The second-order valence-corrected chi connectivity index (χ2v) is 7.88. The summed E-state index contributed by atoms with van der Waals surface area (Å²) >= 11 is 0. The number of benzene rings is 3. The zero-order valence-electron chi connectivity index (χ0n) is 17.6. The zero-order chi connectivity index (χ0) is 22.4. The topological polar surface area (TPSA) is 101 Å². The molecular formula is C25H23N3O4. The highest BCUT2D eigenvalue weighted by molar-refractivity contribution is 6.09. The smallest absolute Gasteiger partial charge is 0.335 e. The van der Waals surface area contributed by atoms with Gasteiger partial charge in [0, 0.05) is 33.9 Å². The van der Waals surface area contributed by atoms with Gasteiger partial charge in [-0.3, -0.25) is 0 Å². The van der Waals surface area contributed by atoms with Crippen molar-refractivity contribution in [1.29, 1.82) is 0 Å². The Labute approximate surface area is 183 Å². The summed E-state index contributed by atoms with van der Waals surface area (Å²) in [5.41, 5.74) is 4.53. The molecule has 0 unspecified atom stereocenters. The van der Waals surface area contributed by atoms with Gasteiger partial charge in [-0.05, 0) is 49.4 Å². The van der Waals surface area contributed by atoms with Crippen LogP contribution in [0.2, 0.25) is 0 Å². The molecule has 0 amide bonds. The summed E-state index contributed by atoms with van der Waals surface area (Å²) in [5, 5.41) is 31.2. The van der Waals surface area contributed by atoms with Crippen molar-refractivity contribution < 1.29 is 20.1 Å². The maximum Gasteiger partial charge on any atom is 0.335 e. The maximum absolute atomic E-state index is 11.4. The molecule has 7 nitrogen and oxygen atoms in total. The Morgan fingerprint density at radius 3 is 2.47 bits per heavy atom. The first-order chi connectivity index (χ1) is 15.5. The Balaban J connectivity index is 1.76. The molecule has 2 heterocycles. The molecule has 0 saturated heterocycles. The van der Waals surface area contributed by atoms with E-state index in [2.05, 4.69) is 35.8 Å². The van der Waals surface area contributed by atoms with Gasteiger partial charge in [0.2, 0.25) is 0 Å². The van der Waals surface area contributed by atoms with E-state index in [4.69, 9.17) is 4.98 Å². The second kappa shape index (κ2) is 7.78. The van der Waals surface area contributed by atoms with E-state index in [1.807, 2.05) is 22.8 Å². The van der Waals surface area contributed by atoms with Gasteiger partial charge in [-0.25, -0.2) is 9.78 Å². The number of carboxylic acid groups (broad SMARTS) is 1. The number of carboxylic acids is 1. The number of aromatic nitrogens is 3. The Bertz CT molecular complexity index is 1480. The number of hydrogen-bond acceptors (Lipinski definition) is 4. The van der Waals surface area contributed by atoms with Crippen LogP contribution in [0, 0.1) is 0 Å². The molecule has 0 aliphatic carbocycles. The van der Waals surface area contributed by atoms with Crippen molar-refractivity contribution >= 4 is 38.8 Å². The third-order valence-corrected chi connectivity index (χ3v) is 5.95. The molecular weight excluding hydrogens is 406 g/mol. The van der Waals surface area contributed by atoms with Gasteiger partial charge >= 0.3 is 5.97 Å². The van der Waals surface area contributed by atoms with Crippen LogP contribution in [-0.2, 0) is 13.1 Å². The van der Waals surface area contributed by atoms with Crippen molar-refractivity contribution in [2.24, 2.45) is 0 Å². The average molecular weight is 429 g/mol. The van der Waals surface area contributed by atoms with Gasteiger partial charge in [0.1, 0.15) is 5.82 Å². The molecule has 5 aromatic rings. The SMILES string of the molecule is CCn1c2ccccc2c2cc(-c3nc4cc(C(=O)O)ccc4n3C[C@H](O)CO)ccc21. The number of rotatable bonds is 6. The number of carbonyl (C=O) groups is 1. The van der Waals surface area contributed by atoms with Crippen LogP contribution in [0.25, 0.3) is 44.2 Å². The van der Waals surface area contributed by atoms with E-state index in [1.54, 1.807) is 6.07 Å². The zero-order valence-corrected chi connectivity index (χ0v) is 17.6. The lowest BCUT2D eigenvalue weighted by molar-refractivity contribution is 0.0697. The quantitative estimate of drug-likeness (QED) is 0.380. The van der Waals surface area contributed by atoms with Gasteiger partial charge in [0.15, 0.2) is 0 Å². The minimum Gasteiger partial charge on any atom is -0.478 e. The Morgan fingerprint density at radius 1 is 0.969 bits per heavy atom. The highest BCUT2D eigenvalue weighted by Crippen LogP contribution is 2.33. The van der Waals surface area contributed by atoms with Crippen molar-refractivity contribution in [3.8, 4) is 11.4 Å². The molecule has 162 valence electrons. The summed E-state index contributed by atoms with van der Waals surface area (Å²) in [6.07, 6.45) is -0.962. The predicted molar refractivity (Wildman–Crippen MR) is 124 cm³/mol. The number of hydrogen-bond donors (Lipinski definition) is 3. The van der Waals surface area contributed by atoms with Crippen LogP contribution in [0.1, 0.15) is 17.3 Å². The molecule has 32 heavy (non-hydrogen) atoms. The molecule has 3 N–H and O–H groups in total. The van der Waals surface area contributed by atoms with Gasteiger partial charge in [-0.1, -0.05) is 18.2 Å². The molecule has 3 aromatic carbocycles. The summed E-state index contributed by atoms with van der Waals surface area (Å²) in [5.74, 6) is -0.405. The highest BCUT2D eigenvalue weighted by atomic mass is 16.4. The number of aryl methyl sites for hydroxylation is 1. The van der Waals surface area contributed by atoms with E-state index in [-0.39, 0.29) is 18.7 Å². The first-order valence-electron chi connectivity index (χ1n) is 10.6. The third kappa shape index (κ3) is 3.14. The van der Waals surface area contributed by atoms with Crippen LogP contribution in [0.5, 0.6) is 0 Å². The summed E-state index contributed by atoms with van der Waals surface area (Å²) in [6, 6.07) is 19.2. The fourth-order valence-electron chi connectivity index (χ4n) is 4.47. The Kier molecular flexibility index (Phi) is 4.92. The summed E-state index contributed by atoms with van der Waals surface area (Å²) in [6.45, 7) is 2.73. The minimum atomic E-state index is -1.02. The molecule has 0 aliphatic rings. The van der Waals surface area contributed by atoms with Crippen molar-refractivity contribution in [1.82, 2.24) is 14.1 Å². The monoisotopic (exact) mass is 429 g/mol. The number of aliphatic hydroxyl groups is 2. The highest BCUT2D eigenvalue weighted by Gasteiger charge is 2.18. The van der Waals surface area contributed by atoms with Crippen LogP contribution in [-0.4, -0.2) is 48.1 Å². The minimum absolute atomic E-state index is 0.142. The molecule has 0 spiro atoms. The summed E-state index contributed by atoms with van der Waals surface area (Å²) in [4.78, 5) is 16.1. The number of fused-ring (bicyclic) bond motifs is 4. The number of aliphatic hydroxyl groups excluding tert-OH is 2. The molecule has 7 heteroatoms. The lowest BCUT2D eigenvalue weighted by Crippen LogP contribution is -2.20. The van der Waals surface area contributed by atoms with E-state index < -0.39 is 12.1 Å². The van der Waals surface area contributed by atoms with Gasteiger partial charge in [-0.15, -0.1) is 0 Å². The van der Waals surface area contributed by atoms with Crippen LogP contribution in [0.3, 0.4) is 0 Å². The van der Waals surface area contributed by atoms with Crippen molar-refractivity contribution in [3.05, 3.63) is 66.2 Å². The van der Waals surface area contributed by atoms with Crippen molar-refractivity contribution in [2.45, 2.75) is 26.1 Å².